The van der Waals surface area contributed by atoms with Gasteiger partial charge < -0.3 is 9.30 Å². The van der Waals surface area contributed by atoms with Gasteiger partial charge in [0.15, 0.2) is 0 Å². The Labute approximate surface area is 103 Å². The van der Waals surface area contributed by atoms with Gasteiger partial charge in [-0.1, -0.05) is 0 Å². The molecule has 0 amide bonds. The minimum atomic E-state index is -0.457. The lowest BCUT2D eigenvalue weighted by Gasteiger charge is -2.14. The third-order valence-corrected chi connectivity index (χ3v) is 2.85. The number of pyridine rings is 1. The first kappa shape index (κ1) is 11.9. The predicted molar refractivity (Wildman–Crippen MR) is 63.8 cm³/mol. The molecule has 0 aliphatic heterocycles. The molecule has 0 aliphatic carbocycles. The summed E-state index contributed by atoms with van der Waals surface area (Å²) < 4.78 is 6.51. The van der Waals surface area contributed by atoms with Crippen LogP contribution < -0.4 is 0 Å². The number of rotatable bonds is 3. The van der Waals surface area contributed by atoms with Crippen LogP contribution in [0.4, 0.5) is 0 Å². The zero-order valence-electron chi connectivity index (χ0n) is 9.55. The van der Waals surface area contributed by atoms with E-state index in [2.05, 4.69) is 9.97 Å². The maximum atomic E-state index is 11.6. The third-order valence-electron chi connectivity index (χ3n) is 2.61. The Kier molecular flexibility index (Phi) is 3.28. The third kappa shape index (κ3) is 1.98. The van der Waals surface area contributed by atoms with Gasteiger partial charge in [-0.2, -0.15) is 0 Å². The van der Waals surface area contributed by atoms with Crippen molar-refractivity contribution >= 4 is 28.6 Å². The zero-order chi connectivity index (χ0) is 12.4. The standard InChI is InChI=1S/C11H12ClN3O2/c1-7(11(16)17-2)15-9-3-4-13-6-8(9)14-10(15)5-12/h3-4,6-7H,5H2,1-2H3. The van der Waals surface area contributed by atoms with Crippen LogP contribution in [0.3, 0.4) is 0 Å². The highest BCUT2D eigenvalue weighted by Gasteiger charge is 2.21. The molecule has 2 aromatic rings. The van der Waals surface area contributed by atoms with Gasteiger partial charge in [0.2, 0.25) is 0 Å². The van der Waals surface area contributed by atoms with Gasteiger partial charge >= 0.3 is 5.97 Å². The molecular formula is C11H12ClN3O2. The topological polar surface area (TPSA) is 57.0 Å². The van der Waals surface area contributed by atoms with E-state index in [1.54, 1.807) is 30.0 Å². The molecule has 0 N–H and O–H groups in total. The highest BCUT2D eigenvalue weighted by atomic mass is 35.5. The van der Waals surface area contributed by atoms with E-state index < -0.39 is 6.04 Å². The Morgan fingerprint density at radius 1 is 1.65 bits per heavy atom. The lowest BCUT2D eigenvalue weighted by atomic mass is 10.3. The first-order valence-corrected chi connectivity index (χ1v) is 5.67. The Morgan fingerprint density at radius 2 is 2.41 bits per heavy atom. The van der Waals surface area contributed by atoms with Crippen LogP contribution in [0, 0.1) is 0 Å². The van der Waals surface area contributed by atoms with Crippen molar-refractivity contribution in [1.29, 1.82) is 0 Å². The van der Waals surface area contributed by atoms with Crippen molar-refractivity contribution in [3.63, 3.8) is 0 Å². The largest absolute Gasteiger partial charge is 0.467 e. The molecule has 0 bridgehead atoms. The van der Waals surface area contributed by atoms with Crippen LogP contribution in [-0.2, 0) is 15.4 Å². The maximum Gasteiger partial charge on any atom is 0.328 e. The fraction of sp³-hybridized carbons (Fsp3) is 0.364. The van der Waals surface area contributed by atoms with E-state index in [0.29, 0.717) is 5.82 Å². The Hall–Kier alpha value is -1.62. The van der Waals surface area contributed by atoms with Gasteiger partial charge in [0.25, 0.3) is 0 Å². The van der Waals surface area contributed by atoms with Crippen LogP contribution in [0.2, 0.25) is 0 Å². The van der Waals surface area contributed by atoms with Gasteiger partial charge in [-0.25, -0.2) is 9.78 Å². The molecule has 0 radical (unpaired) electrons. The van der Waals surface area contributed by atoms with E-state index >= 15 is 0 Å². The monoisotopic (exact) mass is 253 g/mol. The molecule has 17 heavy (non-hydrogen) atoms. The molecule has 0 fully saturated rings. The Bertz CT molecular complexity index is 553. The predicted octanol–water partition coefficient (Wildman–Crippen LogP) is 1.90. The highest BCUT2D eigenvalue weighted by molar-refractivity contribution is 6.16. The second kappa shape index (κ2) is 4.71. The van der Waals surface area contributed by atoms with Crippen LogP contribution in [0.15, 0.2) is 18.5 Å². The number of aromatic nitrogens is 3. The smallest absolute Gasteiger partial charge is 0.328 e. The van der Waals surface area contributed by atoms with E-state index in [0.717, 1.165) is 11.0 Å². The number of hydrogen-bond donors (Lipinski definition) is 0. The van der Waals surface area contributed by atoms with Gasteiger partial charge in [0, 0.05) is 6.20 Å². The molecule has 90 valence electrons. The SMILES string of the molecule is COC(=O)C(C)n1c(CCl)nc2cnccc21. The van der Waals surface area contributed by atoms with Gasteiger partial charge in [-0.15, -0.1) is 11.6 Å². The van der Waals surface area contributed by atoms with E-state index in [1.807, 2.05) is 0 Å². The number of esters is 1. The summed E-state index contributed by atoms with van der Waals surface area (Å²) in [5, 5.41) is 0. The molecule has 2 rings (SSSR count). The Balaban J connectivity index is 2.61. The van der Waals surface area contributed by atoms with Crippen molar-refractivity contribution in [2.45, 2.75) is 18.8 Å². The van der Waals surface area contributed by atoms with Crippen LogP contribution in [0.5, 0.6) is 0 Å². The van der Waals surface area contributed by atoms with Crippen LogP contribution in [0.25, 0.3) is 11.0 Å². The number of ether oxygens (including phenoxy) is 1. The second-order valence-electron chi connectivity index (χ2n) is 3.60. The highest BCUT2D eigenvalue weighted by Crippen LogP contribution is 2.22. The molecular weight excluding hydrogens is 242 g/mol. The number of nitrogens with zero attached hydrogens (tertiary/aromatic N) is 3. The normalized spacial score (nSPS) is 12.6. The van der Waals surface area contributed by atoms with Gasteiger partial charge in [-0.05, 0) is 13.0 Å². The fourth-order valence-electron chi connectivity index (χ4n) is 1.80. The number of carbonyl (C=O) groups excluding carboxylic acids is 1. The summed E-state index contributed by atoms with van der Waals surface area (Å²) >= 11 is 5.84. The molecule has 6 heteroatoms. The van der Waals surface area contributed by atoms with Crippen LogP contribution in [0.1, 0.15) is 18.8 Å². The van der Waals surface area contributed by atoms with Gasteiger partial charge in [0.1, 0.15) is 17.4 Å². The second-order valence-corrected chi connectivity index (χ2v) is 3.86. The quantitative estimate of drug-likeness (QED) is 0.619. The van der Waals surface area contributed by atoms with Crippen molar-refractivity contribution in [2.24, 2.45) is 0 Å². The summed E-state index contributed by atoms with van der Waals surface area (Å²) in [6.45, 7) is 1.75. The van der Waals surface area contributed by atoms with Crippen molar-refractivity contribution < 1.29 is 9.53 Å². The minimum absolute atomic E-state index is 0.232. The number of halogens is 1. The summed E-state index contributed by atoms with van der Waals surface area (Å²) in [5.74, 6) is 0.538. The summed E-state index contributed by atoms with van der Waals surface area (Å²) in [6.07, 6.45) is 3.30. The number of hydrogen-bond acceptors (Lipinski definition) is 4. The summed E-state index contributed by atoms with van der Waals surface area (Å²) in [7, 11) is 1.36. The van der Waals surface area contributed by atoms with Gasteiger partial charge in [-0.3, -0.25) is 4.98 Å². The van der Waals surface area contributed by atoms with E-state index in [9.17, 15) is 4.79 Å². The number of fused-ring (bicyclic) bond motifs is 1. The first-order valence-electron chi connectivity index (χ1n) is 5.13. The van der Waals surface area contributed by atoms with Crippen molar-refractivity contribution in [3.05, 3.63) is 24.3 Å². The lowest BCUT2D eigenvalue weighted by Crippen LogP contribution is -2.19. The molecule has 5 nitrogen and oxygen atoms in total. The van der Waals surface area contributed by atoms with Gasteiger partial charge in [0.05, 0.1) is 24.7 Å². The molecule has 2 aromatic heterocycles. The number of methoxy groups -OCH3 is 1. The van der Waals surface area contributed by atoms with E-state index in [-0.39, 0.29) is 11.8 Å². The summed E-state index contributed by atoms with van der Waals surface area (Å²) in [4.78, 5) is 19.9. The van der Waals surface area contributed by atoms with Crippen LogP contribution in [-0.4, -0.2) is 27.6 Å². The molecule has 0 aliphatic rings. The molecule has 1 unspecified atom stereocenters. The summed E-state index contributed by atoms with van der Waals surface area (Å²) in [5.41, 5.74) is 1.55. The molecule has 0 spiro atoms. The minimum Gasteiger partial charge on any atom is -0.467 e. The van der Waals surface area contributed by atoms with E-state index in [1.165, 1.54) is 7.11 Å². The molecule has 0 saturated heterocycles. The molecule has 0 saturated carbocycles. The number of imidazole rings is 1. The number of carbonyl (C=O) groups is 1. The number of alkyl halides is 1. The molecule has 1 atom stereocenters. The fourth-order valence-corrected chi connectivity index (χ4v) is 1.99. The van der Waals surface area contributed by atoms with E-state index in [4.69, 9.17) is 16.3 Å². The molecule has 2 heterocycles. The average molecular weight is 254 g/mol. The Morgan fingerprint density at radius 3 is 3.06 bits per heavy atom. The first-order chi connectivity index (χ1) is 8.19. The van der Waals surface area contributed by atoms with Crippen LogP contribution >= 0.6 is 11.6 Å². The maximum absolute atomic E-state index is 11.6. The van der Waals surface area contributed by atoms with Crippen molar-refractivity contribution in [3.8, 4) is 0 Å². The zero-order valence-corrected chi connectivity index (χ0v) is 10.3. The van der Waals surface area contributed by atoms with Crippen molar-refractivity contribution in [1.82, 2.24) is 14.5 Å². The lowest BCUT2D eigenvalue weighted by molar-refractivity contribution is -0.143. The molecule has 0 aromatic carbocycles. The van der Waals surface area contributed by atoms with Crippen molar-refractivity contribution in [2.75, 3.05) is 7.11 Å². The summed E-state index contributed by atoms with van der Waals surface area (Å²) in [6, 6.07) is 1.35. The average Bonchev–Trinajstić information content (AvgIpc) is 2.75.